The van der Waals surface area contributed by atoms with Crippen molar-refractivity contribution in [3.63, 3.8) is 0 Å². The largest absolute Gasteiger partial charge is 0.347 e. The van der Waals surface area contributed by atoms with E-state index in [1.165, 1.54) is 26.2 Å². The molecule has 1 fully saturated rings. The highest BCUT2D eigenvalue weighted by Crippen LogP contribution is 2.28. The molecule has 0 saturated heterocycles. The summed E-state index contributed by atoms with van der Waals surface area (Å²) in [6.45, 7) is 1.53. The summed E-state index contributed by atoms with van der Waals surface area (Å²) in [5.41, 5.74) is 11.1. The highest BCUT2D eigenvalue weighted by atomic mass is 16.2. The Morgan fingerprint density at radius 2 is 1.74 bits per heavy atom. The van der Waals surface area contributed by atoms with E-state index in [2.05, 4.69) is 10.6 Å². The quantitative estimate of drug-likeness (QED) is 0.462. The van der Waals surface area contributed by atoms with Crippen molar-refractivity contribution < 1.29 is 14.4 Å². The van der Waals surface area contributed by atoms with E-state index in [1.807, 2.05) is 0 Å². The van der Waals surface area contributed by atoms with Gasteiger partial charge in [0.05, 0.1) is 18.5 Å². The number of carbonyl (C=O) groups is 3. The molecule has 0 heterocycles. The molecule has 1 saturated carbocycles. The SMILES string of the molecule is CC(=O)C(CN)NC(=O)CNC(=O)C(CN)CC1CCCCC1. The Morgan fingerprint density at radius 1 is 1.09 bits per heavy atom. The number of nitrogens with one attached hydrogen (secondary N) is 2. The van der Waals surface area contributed by atoms with Crippen LogP contribution in [0.1, 0.15) is 45.4 Å². The van der Waals surface area contributed by atoms with Crippen LogP contribution in [0.4, 0.5) is 0 Å². The van der Waals surface area contributed by atoms with Gasteiger partial charge in [-0.15, -0.1) is 0 Å². The van der Waals surface area contributed by atoms with Gasteiger partial charge in [0, 0.05) is 13.1 Å². The Bertz CT molecular complexity index is 408. The minimum Gasteiger partial charge on any atom is -0.347 e. The van der Waals surface area contributed by atoms with Crippen molar-refractivity contribution in [3.8, 4) is 0 Å². The molecule has 7 nitrogen and oxygen atoms in total. The first-order valence-corrected chi connectivity index (χ1v) is 8.45. The van der Waals surface area contributed by atoms with E-state index in [4.69, 9.17) is 11.5 Å². The number of rotatable bonds is 9. The molecule has 1 aliphatic rings. The third kappa shape index (κ3) is 7.09. The Labute approximate surface area is 137 Å². The van der Waals surface area contributed by atoms with Gasteiger partial charge in [0.1, 0.15) is 0 Å². The van der Waals surface area contributed by atoms with Crippen LogP contribution in [-0.4, -0.2) is 43.3 Å². The summed E-state index contributed by atoms with van der Waals surface area (Å²) in [6, 6.07) is -0.702. The van der Waals surface area contributed by atoms with Crippen molar-refractivity contribution in [2.24, 2.45) is 23.3 Å². The average molecular weight is 326 g/mol. The van der Waals surface area contributed by atoms with Gasteiger partial charge in [0.2, 0.25) is 11.8 Å². The van der Waals surface area contributed by atoms with Crippen molar-refractivity contribution in [1.82, 2.24) is 10.6 Å². The van der Waals surface area contributed by atoms with E-state index >= 15 is 0 Å². The second-order valence-electron chi connectivity index (χ2n) is 6.36. The first-order valence-electron chi connectivity index (χ1n) is 8.45. The van der Waals surface area contributed by atoms with Gasteiger partial charge in [-0.2, -0.15) is 0 Å². The molecule has 7 heteroatoms. The molecule has 0 radical (unpaired) electrons. The molecular weight excluding hydrogens is 296 g/mol. The van der Waals surface area contributed by atoms with Crippen molar-refractivity contribution in [2.75, 3.05) is 19.6 Å². The van der Waals surface area contributed by atoms with Gasteiger partial charge >= 0.3 is 0 Å². The maximum Gasteiger partial charge on any atom is 0.240 e. The number of nitrogens with two attached hydrogens (primary N) is 2. The molecule has 0 spiro atoms. The monoisotopic (exact) mass is 326 g/mol. The third-order valence-corrected chi connectivity index (χ3v) is 4.48. The zero-order valence-corrected chi connectivity index (χ0v) is 14.0. The molecule has 6 N–H and O–H groups in total. The van der Waals surface area contributed by atoms with Crippen LogP contribution in [0.15, 0.2) is 0 Å². The fourth-order valence-corrected chi connectivity index (χ4v) is 3.02. The van der Waals surface area contributed by atoms with Gasteiger partial charge in [0.25, 0.3) is 0 Å². The minimum atomic E-state index is -0.702. The summed E-state index contributed by atoms with van der Waals surface area (Å²) in [7, 11) is 0. The highest BCUT2D eigenvalue weighted by Gasteiger charge is 2.24. The second kappa shape index (κ2) is 10.3. The molecular formula is C16H30N4O3. The van der Waals surface area contributed by atoms with Crippen LogP contribution in [0.5, 0.6) is 0 Å². The molecule has 0 aromatic carbocycles. The van der Waals surface area contributed by atoms with E-state index in [9.17, 15) is 14.4 Å². The molecule has 0 aromatic heterocycles. The lowest BCUT2D eigenvalue weighted by molar-refractivity contribution is -0.130. The van der Waals surface area contributed by atoms with Gasteiger partial charge in [-0.25, -0.2) is 0 Å². The van der Waals surface area contributed by atoms with Crippen LogP contribution in [0, 0.1) is 11.8 Å². The average Bonchev–Trinajstić information content (AvgIpc) is 2.55. The summed E-state index contributed by atoms with van der Waals surface area (Å²) in [6.07, 6.45) is 6.80. The summed E-state index contributed by atoms with van der Waals surface area (Å²) < 4.78 is 0. The molecule has 1 aliphatic carbocycles. The van der Waals surface area contributed by atoms with Crippen LogP contribution in [0.3, 0.4) is 0 Å². The number of hydrogen-bond donors (Lipinski definition) is 4. The van der Waals surface area contributed by atoms with E-state index < -0.39 is 11.9 Å². The molecule has 132 valence electrons. The predicted molar refractivity (Wildman–Crippen MR) is 88.4 cm³/mol. The first-order chi connectivity index (χ1) is 11.0. The molecule has 1 rings (SSSR count). The molecule has 2 amide bonds. The number of Topliss-reactive ketones (excluding diaryl/α,β-unsaturated/α-hetero) is 1. The van der Waals surface area contributed by atoms with Crippen molar-refractivity contribution >= 4 is 17.6 Å². The van der Waals surface area contributed by atoms with E-state index in [1.54, 1.807) is 0 Å². The fourth-order valence-electron chi connectivity index (χ4n) is 3.02. The number of hydrogen-bond acceptors (Lipinski definition) is 5. The maximum absolute atomic E-state index is 12.2. The van der Waals surface area contributed by atoms with Crippen LogP contribution in [0.25, 0.3) is 0 Å². The summed E-state index contributed by atoms with van der Waals surface area (Å²) >= 11 is 0. The normalized spacial score (nSPS) is 18.0. The molecule has 0 aromatic rings. The predicted octanol–water partition coefficient (Wildman–Crippen LogP) is -0.320. The van der Waals surface area contributed by atoms with Crippen LogP contribution in [0.2, 0.25) is 0 Å². The minimum absolute atomic E-state index is 0.0438. The lowest BCUT2D eigenvalue weighted by Gasteiger charge is -2.25. The van der Waals surface area contributed by atoms with Crippen LogP contribution in [-0.2, 0) is 14.4 Å². The fraction of sp³-hybridized carbons (Fsp3) is 0.812. The van der Waals surface area contributed by atoms with E-state index in [0.717, 1.165) is 19.3 Å². The van der Waals surface area contributed by atoms with Crippen molar-refractivity contribution in [1.29, 1.82) is 0 Å². The third-order valence-electron chi connectivity index (χ3n) is 4.48. The van der Waals surface area contributed by atoms with Gasteiger partial charge in [-0.1, -0.05) is 32.1 Å². The van der Waals surface area contributed by atoms with Crippen molar-refractivity contribution in [3.05, 3.63) is 0 Å². The molecule has 2 unspecified atom stereocenters. The van der Waals surface area contributed by atoms with Crippen molar-refractivity contribution in [2.45, 2.75) is 51.5 Å². The topological polar surface area (TPSA) is 127 Å². The molecule has 0 bridgehead atoms. The number of amides is 2. The lowest BCUT2D eigenvalue weighted by Crippen LogP contribution is -2.49. The van der Waals surface area contributed by atoms with E-state index in [-0.39, 0.29) is 37.2 Å². The Morgan fingerprint density at radius 3 is 2.26 bits per heavy atom. The summed E-state index contributed by atoms with van der Waals surface area (Å²) in [5, 5.41) is 5.11. The maximum atomic E-state index is 12.2. The Balaban J connectivity index is 2.37. The van der Waals surface area contributed by atoms with Gasteiger partial charge < -0.3 is 22.1 Å². The smallest absolute Gasteiger partial charge is 0.240 e. The number of carbonyl (C=O) groups excluding carboxylic acids is 3. The van der Waals surface area contributed by atoms with Gasteiger partial charge in [-0.05, 0) is 19.3 Å². The van der Waals surface area contributed by atoms with Gasteiger partial charge in [0.15, 0.2) is 5.78 Å². The molecule has 23 heavy (non-hydrogen) atoms. The Hall–Kier alpha value is -1.47. The lowest BCUT2D eigenvalue weighted by atomic mass is 9.82. The highest BCUT2D eigenvalue weighted by molar-refractivity contribution is 5.90. The Kier molecular flexibility index (Phi) is 8.79. The number of ketones is 1. The van der Waals surface area contributed by atoms with E-state index in [0.29, 0.717) is 5.92 Å². The van der Waals surface area contributed by atoms with Crippen LogP contribution >= 0.6 is 0 Å². The molecule has 2 atom stereocenters. The zero-order chi connectivity index (χ0) is 17.2. The van der Waals surface area contributed by atoms with Gasteiger partial charge in [-0.3, -0.25) is 14.4 Å². The summed E-state index contributed by atoms with van der Waals surface area (Å²) in [4.78, 5) is 35.2. The standard InChI is InChI=1S/C16H30N4O3/c1-11(21)14(9-18)20-15(22)10-19-16(23)13(8-17)7-12-5-3-2-4-6-12/h12-14H,2-10,17-18H2,1H3,(H,19,23)(H,20,22). The first kappa shape index (κ1) is 19.6. The van der Waals surface area contributed by atoms with Crippen LogP contribution < -0.4 is 22.1 Å². The second-order valence-corrected chi connectivity index (χ2v) is 6.36. The molecule has 0 aliphatic heterocycles. The summed E-state index contributed by atoms with van der Waals surface area (Å²) in [5.74, 6) is -0.526. The zero-order valence-electron chi connectivity index (χ0n) is 14.0.